The van der Waals surface area contributed by atoms with Crippen molar-refractivity contribution >= 4 is 11.9 Å². The first-order valence-electron chi connectivity index (χ1n) is 9.13. The number of hydrogen-bond donors (Lipinski definition) is 1. The number of likely N-dealkylation sites (tertiary alicyclic amines) is 2. The monoisotopic (exact) mass is 376 g/mol. The fourth-order valence-electron chi connectivity index (χ4n) is 4.39. The molecule has 2 saturated heterocycles. The summed E-state index contributed by atoms with van der Waals surface area (Å²) in [7, 11) is 1.64. The zero-order valence-electron chi connectivity index (χ0n) is 15.3. The number of carbonyl (C=O) groups excluding carboxylic acids is 1. The van der Waals surface area contributed by atoms with Crippen LogP contribution in [0.15, 0.2) is 18.2 Å². The number of rotatable bonds is 6. The number of ether oxygens (including phenoxy) is 3. The van der Waals surface area contributed by atoms with E-state index in [1.807, 2.05) is 12.1 Å². The van der Waals surface area contributed by atoms with E-state index in [0.717, 1.165) is 5.56 Å². The molecule has 4 rings (SSSR count). The van der Waals surface area contributed by atoms with Crippen LogP contribution in [0.1, 0.15) is 5.56 Å². The summed E-state index contributed by atoms with van der Waals surface area (Å²) in [5.41, 5.74) is -0.0365. The van der Waals surface area contributed by atoms with Gasteiger partial charge >= 0.3 is 5.97 Å². The molecule has 0 saturated carbocycles. The van der Waals surface area contributed by atoms with Crippen molar-refractivity contribution in [3.63, 3.8) is 0 Å². The average Bonchev–Trinajstić information content (AvgIpc) is 3.31. The van der Waals surface area contributed by atoms with Crippen LogP contribution >= 0.6 is 0 Å². The van der Waals surface area contributed by atoms with Crippen molar-refractivity contribution in [3.05, 3.63) is 23.8 Å². The second-order valence-electron chi connectivity index (χ2n) is 7.52. The second kappa shape index (κ2) is 7.01. The summed E-state index contributed by atoms with van der Waals surface area (Å²) in [6, 6.07) is 5.47. The van der Waals surface area contributed by atoms with E-state index in [1.54, 1.807) is 18.1 Å². The Balaban J connectivity index is 1.42. The molecular formula is C19H24N2O6. The maximum Gasteiger partial charge on any atom is 0.313 e. The van der Waals surface area contributed by atoms with Crippen molar-refractivity contribution in [2.75, 3.05) is 53.2 Å². The molecule has 1 N–H and O–H groups in total. The Bertz CT molecular complexity index is 754. The largest absolute Gasteiger partial charge is 0.481 e. The Hall–Kier alpha value is -2.32. The highest BCUT2D eigenvalue weighted by Crippen LogP contribution is 2.43. The predicted octanol–water partition coefficient (Wildman–Crippen LogP) is 0.449. The zero-order chi connectivity index (χ0) is 19.0. The molecule has 0 spiro atoms. The van der Waals surface area contributed by atoms with Gasteiger partial charge in [-0.1, -0.05) is 6.07 Å². The first-order valence-corrected chi connectivity index (χ1v) is 9.13. The van der Waals surface area contributed by atoms with Crippen molar-refractivity contribution in [1.82, 2.24) is 9.80 Å². The van der Waals surface area contributed by atoms with Gasteiger partial charge in [-0.15, -0.1) is 0 Å². The van der Waals surface area contributed by atoms with Crippen LogP contribution in [0, 0.1) is 11.3 Å². The van der Waals surface area contributed by atoms with Crippen LogP contribution in [0.4, 0.5) is 0 Å². The van der Waals surface area contributed by atoms with E-state index < -0.39 is 11.4 Å². The van der Waals surface area contributed by atoms with Crippen LogP contribution in [0.5, 0.6) is 11.5 Å². The molecule has 146 valence electrons. The Morgan fingerprint density at radius 3 is 2.81 bits per heavy atom. The number of carboxylic acids is 1. The number of methoxy groups -OCH3 is 1. The van der Waals surface area contributed by atoms with Gasteiger partial charge < -0.3 is 24.2 Å². The maximum atomic E-state index is 12.8. The van der Waals surface area contributed by atoms with Crippen molar-refractivity contribution in [2.24, 2.45) is 11.3 Å². The Kier molecular flexibility index (Phi) is 4.69. The zero-order valence-corrected chi connectivity index (χ0v) is 15.3. The lowest BCUT2D eigenvalue weighted by Gasteiger charge is -2.25. The van der Waals surface area contributed by atoms with E-state index in [0.29, 0.717) is 44.3 Å². The van der Waals surface area contributed by atoms with Gasteiger partial charge in [-0.3, -0.25) is 14.5 Å². The number of aliphatic carboxylic acids is 1. The molecule has 27 heavy (non-hydrogen) atoms. The number of carboxylic acid groups (broad SMARTS) is 1. The highest BCUT2D eigenvalue weighted by Gasteiger charge is 2.58. The van der Waals surface area contributed by atoms with Gasteiger partial charge in [0.15, 0.2) is 11.5 Å². The van der Waals surface area contributed by atoms with Gasteiger partial charge in [-0.05, 0) is 17.7 Å². The molecule has 2 fully saturated rings. The van der Waals surface area contributed by atoms with Crippen LogP contribution in [0.25, 0.3) is 0 Å². The van der Waals surface area contributed by atoms with Crippen molar-refractivity contribution < 1.29 is 28.9 Å². The molecule has 0 aromatic heterocycles. The number of amides is 1. The van der Waals surface area contributed by atoms with Crippen LogP contribution in [-0.4, -0.2) is 80.0 Å². The van der Waals surface area contributed by atoms with E-state index in [1.165, 1.54) is 0 Å². The van der Waals surface area contributed by atoms with Crippen molar-refractivity contribution in [1.29, 1.82) is 0 Å². The van der Waals surface area contributed by atoms with E-state index in [4.69, 9.17) is 14.2 Å². The summed E-state index contributed by atoms with van der Waals surface area (Å²) in [5, 5.41) is 9.89. The summed E-state index contributed by atoms with van der Waals surface area (Å²) in [5.74, 6) is 0.419. The minimum absolute atomic E-state index is 0.0486. The molecule has 0 bridgehead atoms. The molecule has 1 amide bonds. The topological polar surface area (TPSA) is 88.5 Å². The van der Waals surface area contributed by atoms with Crippen molar-refractivity contribution in [3.8, 4) is 11.5 Å². The van der Waals surface area contributed by atoms with Crippen LogP contribution in [0.2, 0.25) is 0 Å². The maximum absolute atomic E-state index is 12.8. The number of benzene rings is 1. The summed E-state index contributed by atoms with van der Waals surface area (Å²) in [4.78, 5) is 28.7. The highest BCUT2D eigenvalue weighted by atomic mass is 16.7. The van der Waals surface area contributed by atoms with E-state index >= 15 is 0 Å². The van der Waals surface area contributed by atoms with Gasteiger partial charge in [0, 0.05) is 45.8 Å². The number of carbonyl (C=O) groups is 2. The van der Waals surface area contributed by atoms with Gasteiger partial charge in [0.05, 0.1) is 13.0 Å². The first kappa shape index (κ1) is 18.1. The predicted molar refractivity (Wildman–Crippen MR) is 94.7 cm³/mol. The Morgan fingerprint density at radius 2 is 2.07 bits per heavy atom. The average molecular weight is 376 g/mol. The molecule has 3 aliphatic rings. The molecule has 8 nitrogen and oxygen atoms in total. The van der Waals surface area contributed by atoms with Crippen LogP contribution in [-0.2, 0) is 20.7 Å². The third-order valence-electron chi connectivity index (χ3n) is 5.86. The minimum atomic E-state index is -0.877. The lowest BCUT2D eigenvalue weighted by atomic mass is 9.81. The third-order valence-corrected chi connectivity index (χ3v) is 5.86. The molecular weight excluding hydrogens is 352 g/mol. The van der Waals surface area contributed by atoms with Gasteiger partial charge in [0.2, 0.25) is 12.7 Å². The fraction of sp³-hybridized carbons (Fsp3) is 0.579. The van der Waals surface area contributed by atoms with Gasteiger partial charge in [0.25, 0.3) is 0 Å². The smallest absolute Gasteiger partial charge is 0.313 e. The molecule has 0 aliphatic carbocycles. The fourth-order valence-corrected chi connectivity index (χ4v) is 4.39. The standard InChI is InChI=1S/C19H24N2O6/c1-25-5-4-20-8-14-9-21(11-19(14,10-20)18(23)24)17(22)7-13-2-3-15-16(6-13)27-12-26-15/h2-3,6,14H,4-5,7-12H2,1H3,(H,23,24)/t14-,19-/m1/s1. The second-order valence-corrected chi connectivity index (χ2v) is 7.52. The molecule has 3 heterocycles. The van der Waals surface area contributed by atoms with E-state index in [-0.39, 0.29) is 31.6 Å². The van der Waals surface area contributed by atoms with E-state index in [9.17, 15) is 14.7 Å². The molecule has 2 atom stereocenters. The van der Waals surface area contributed by atoms with Gasteiger partial charge in [0.1, 0.15) is 5.41 Å². The summed E-state index contributed by atoms with van der Waals surface area (Å²) in [6.45, 7) is 3.39. The molecule has 1 aromatic rings. The minimum Gasteiger partial charge on any atom is -0.481 e. The Labute approximate surface area is 157 Å². The lowest BCUT2D eigenvalue weighted by molar-refractivity contribution is -0.149. The van der Waals surface area contributed by atoms with E-state index in [2.05, 4.69) is 4.90 Å². The van der Waals surface area contributed by atoms with Gasteiger partial charge in [-0.25, -0.2) is 0 Å². The molecule has 0 unspecified atom stereocenters. The molecule has 0 radical (unpaired) electrons. The molecule has 8 heteroatoms. The summed E-state index contributed by atoms with van der Waals surface area (Å²) in [6.07, 6.45) is 0.229. The normalized spacial score (nSPS) is 26.4. The number of nitrogens with zero attached hydrogens (tertiary/aromatic N) is 2. The highest BCUT2D eigenvalue weighted by molar-refractivity contribution is 5.83. The first-order chi connectivity index (χ1) is 13.0. The number of fused-ring (bicyclic) bond motifs is 2. The van der Waals surface area contributed by atoms with Crippen LogP contribution in [0.3, 0.4) is 0 Å². The molecule has 1 aromatic carbocycles. The quantitative estimate of drug-likeness (QED) is 0.771. The third kappa shape index (κ3) is 3.23. The van der Waals surface area contributed by atoms with Gasteiger partial charge in [-0.2, -0.15) is 0 Å². The lowest BCUT2D eigenvalue weighted by Crippen LogP contribution is -2.42. The van der Waals surface area contributed by atoms with Crippen molar-refractivity contribution in [2.45, 2.75) is 6.42 Å². The SMILES string of the molecule is COCCN1C[C@@H]2CN(C(=O)Cc3ccc4c(c3)OCO4)C[C@]2(C(=O)O)C1. The molecule has 3 aliphatic heterocycles. The summed E-state index contributed by atoms with van der Waals surface area (Å²) >= 11 is 0. The Morgan fingerprint density at radius 1 is 1.26 bits per heavy atom. The number of hydrogen-bond acceptors (Lipinski definition) is 6. The summed E-state index contributed by atoms with van der Waals surface area (Å²) < 4.78 is 15.8. The van der Waals surface area contributed by atoms with Crippen LogP contribution < -0.4 is 9.47 Å².